The predicted molar refractivity (Wildman–Crippen MR) is 114 cm³/mol. The van der Waals surface area contributed by atoms with Gasteiger partial charge in [-0.25, -0.2) is 9.38 Å². The molecule has 2 N–H and O–H groups in total. The molecule has 0 unspecified atom stereocenters. The Morgan fingerprint density at radius 3 is 2.70 bits per heavy atom. The molecule has 2 aliphatic heterocycles. The number of fused-ring (bicyclic) bond motifs is 1. The van der Waals surface area contributed by atoms with Gasteiger partial charge in [-0.05, 0) is 55.2 Å². The third-order valence-corrected chi connectivity index (χ3v) is 5.68. The van der Waals surface area contributed by atoms with Crippen molar-refractivity contribution in [3.05, 3.63) is 59.4 Å². The summed E-state index contributed by atoms with van der Waals surface area (Å²) < 4.78 is 30.2. The van der Waals surface area contributed by atoms with E-state index in [1.807, 2.05) is 19.1 Å². The first-order valence-electron chi connectivity index (χ1n) is 10.4. The first-order chi connectivity index (χ1) is 14.7. The van der Waals surface area contributed by atoms with E-state index in [2.05, 4.69) is 27.8 Å². The molecule has 2 aromatic carbocycles. The van der Waals surface area contributed by atoms with E-state index in [-0.39, 0.29) is 18.0 Å². The Hall–Kier alpha value is -2.80. The summed E-state index contributed by atoms with van der Waals surface area (Å²) in [5.74, 6) is 2.06. The van der Waals surface area contributed by atoms with Crippen LogP contribution in [0.3, 0.4) is 0 Å². The molecular formula is C23H28FN3O3. The number of benzene rings is 2. The minimum atomic E-state index is -0.246. The molecule has 2 aliphatic rings. The van der Waals surface area contributed by atoms with E-state index in [4.69, 9.17) is 14.2 Å². The molecule has 0 bridgehead atoms. The molecule has 0 spiro atoms. The van der Waals surface area contributed by atoms with Crippen LogP contribution in [-0.2, 0) is 16.7 Å². The summed E-state index contributed by atoms with van der Waals surface area (Å²) in [5.41, 5.74) is 1.96. The van der Waals surface area contributed by atoms with E-state index >= 15 is 0 Å². The first kappa shape index (κ1) is 20.5. The SMILES string of the molecule is CCNC(=NCc1cccc(F)c1)NCC1(c2ccc3c(c2)OCO3)CCOCC1. The lowest BCUT2D eigenvalue weighted by Gasteiger charge is -2.38. The average molecular weight is 413 g/mol. The fourth-order valence-corrected chi connectivity index (χ4v) is 3.96. The van der Waals surface area contributed by atoms with Crippen LogP contribution in [0.1, 0.15) is 30.9 Å². The van der Waals surface area contributed by atoms with Gasteiger partial charge in [0.1, 0.15) is 5.82 Å². The topological polar surface area (TPSA) is 64.1 Å². The predicted octanol–water partition coefficient (Wildman–Crippen LogP) is 3.36. The fourth-order valence-electron chi connectivity index (χ4n) is 3.96. The van der Waals surface area contributed by atoms with Crippen LogP contribution in [0.5, 0.6) is 11.5 Å². The normalized spacial score (nSPS) is 17.6. The number of nitrogens with one attached hydrogen (secondary N) is 2. The van der Waals surface area contributed by atoms with Crippen molar-refractivity contribution in [3.63, 3.8) is 0 Å². The summed E-state index contributed by atoms with van der Waals surface area (Å²) in [6, 6.07) is 12.7. The summed E-state index contributed by atoms with van der Waals surface area (Å²) >= 11 is 0. The number of halogens is 1. The van der Waals surface area contributed by atoms with Gasteiger partial charge in [-0.2, -0.15) is 0 Å². The number of rotatable bonds is 6. The zero-order chi connectivity index (χ0) is 20.8. The summed E-state index contributed by atoms with van der Waals surface area (Å²) in [5, 5.41) is 6.79. The summed E-state index contributed by atoms with van der Waals surface area (Å²) in [4.78, 5) is 4.64. The zero-order valence-corrected chi connectivity index (χ0v) is 17.2. The zero-order valence-electron chi connectivity index (χ0n) is 17.2. The number of ether oxygens (including phenoxy) is 3. The molecule has 0 atom stereocenters. The Morgan fingerprint density at radius 1 is 1.07 bits per heavy atom. The van der Waals surface area contributed by atoms with Gasteiger partial charge in [0.05, 0.1) is 6.54 Å². The van der Waals surface area contributed by atoms with Gasteiger partial charge in [-0.15, -0.1) is 0 Å². The number of aliphatic imine (C=N–C) groups is 1. The number of hydrogen-bond acceptors (Lipinski definition) is 4. The van der Waals surface area contributed by atoms with Crippen molar-refractivity contribution in [3.8, 4) is 11.5 Å². The highest BCUT2D eigenvalue weighted by molar-refractivity contribution is 5.79. The Balaban J connectivity index is 1.51. The highest BCUT2D eigenvalue weighted by Crippen LogP contribution is 2.40. The van der Waals surface area contributed by atoms with Crippen LogP contribution in [0.2, 0.25) is 0 Å². The largest absolute Gasteiger partial charge is 0.454 e. The van der Waals surface area contributed by atoms with E-state index in [0.29, 0.717) is 32.3 Å². The summed E-state index contributed by atoms with van der Waals surface area (Å²) in [6.07, 6.45) is 1.81. The van der Waals surface area contributed by atoms with Gasteiger partial charge < -0.3 is 24.8 Å². The van der Waals surface area contributed by atoms with Crippen molar-refractivity contribution < 1.29 is 18.6 Å². The molecule has 7 heteroatoms. The molecule has 0 aliphatic carbocycles. The van der Waals surface area contributed by atoms with Gasteiger partial charge in [0.2, 0.25) is 6.79 Å². The minimum absolute atomic E-state index is 0.0890. The highest BCUT2D eigenvalue weighted by atomic mass is 19.1. The lowest BCUT2D eigenvalue weighted by atomic mass is 9.74. The van der Waals surface area contributed by atoms with Gasteiger partial charge in [-0.1, -0.05) is 18.2 Å². The summed E-state index contributed by atoms with van der Waals surface area (Å²) in [6.45, 7) is 5.60. The molecule has 2 heterocycles. The van der Waals surface area contributed by atoms with Crippen molar-refractivity contribution >= 4 is 5.96 Å². The molecule has 0 aromatic heterocycles. The first-order valence-corrected chi connectivity index (χ1v) is 10.4. The van der Waals surface area contributed by atoms with Gasteiger partial charge in [0.25, 0.3) is 0 Å². The third kappa shape index (κ3) is 4.67. The second-order valence-electron chi connectivity index (χ2n) is 7.64. The monoisotopic (exact) mass is 413 g/mol. The maximum absolute atomic E-state index is 13.5. The molecule has 2 aromatic rings. The van der Waals surface area contributed by atoms with E-state index in [0.717, 1.165) is 36.4 Å². The van der Waals surface area contributed by atoms with Gasteiger partial charge in [-0.3, -0.25) is 0 Å². The lowest BCUT2D eigenvalue weighted by Crippen LogP contribution is -2.48. The van der Waals surface area contributed by atoms with Crippen LogP contribution >= 0.6 is 0 Å². The van der Waals surface area contributed by atoms with Crippen LogP contribution in [0.25, 0.3) is 0 Å². The number of nitrogens with zero attached hydrogens (tertiary/aromatic N) is 1. The third-order valence-electron chi connectivity index (χ3n) is 5.68. The van der Waals surface area contributed by atoms with Crippen molar-refractivity contribution in [2.75, 3.05) is 33.1 Å². The van der Waals surface area contributed by atoms with Gasteiger partial charge in [0.15, 0.2) is 17.5 Å². The van der Waals surface area contributed by atoms with Gasteiger partial charge >= 0.3 is 0 Å². The standard InChI is InChI=1S/C23H28FN3O3/c1-2-25-22(26-14-17-4-3-5-19(24)12-17)27-15-23(8-10-28-11-9-23)18-6-7-20-21(13-18)30-16-29-20/h3-7,12-13H,2,8-11,14-16H2,1H3,(H2,25,26,27). The maximum atomic E-state index is 13.5. The lowest BCUT2D eigenvalue weighted by molar-refractivity contribution is 0.0513. The van der Waals surface area contributed by atoms with E-state index in [1.54, 1.807) is 6.07 Å². The number of hydrogen-bond donors (Lipinski definition) is 2. The van der Waals surface area contributed by atoms with Crippen LogP contribution in [0.4, 0.5) is 4.39 Å². The van der Waals surface area contributed by atoms with Crippen LogP contribution in [0.15, 0.2) is 47.5 Å². The molecular weight excluding hydrogens is 385 g/mol. The highest BCUT2D eigenvalue weighted by Gasteiger charge is 2.35. The molecule has 160 valence electrons. The van der Waals surface area contributed by atoms with Crippen LogP contribution < -0.4 is 20.1 Å². The molecule has 6 nitrogen and oxygen atoms in total. The van der Waals surface area contributed by atoms with Gasteiger partial charge in [0, 0.05) is 31.7 Å². The maximum Gasteiger partial charge on any atom is 0.231 e. The molecule has 30 heavy (non-hydrogen) atoms. The molecule has 1 fully saturated rings. The fraction of sp³-hybridized carbons (Fsp3) is 0.435. The molecule has 1 saturated heterocycles. The van der Waals surface area contributed by atoms with Crippen LogP contribution in [0, 0.1) is 5.82 Å². The van der Waals surface area contributed by atoms with Crippen LogP contribution in [-0.4, -0.2) is 39.1 Å². The quantitative estimate of drug-likeness (QED) is 0.562. The van der Waals surface area contributed by atoms with Crippen molar-refractivity contribution in [2.45, 2.75) is 31.7 Å². The molecule has 4 rings (SSSR count). The van der Waals surface area contributed by atoms with E-state index < -0.39 is 0 Å². The number of guanidine groups is 1. The van der Waals surface area contributed by atoms with Crippen molar-refractivity contribution in [1.29, 1.82) is 0 Å². The Kier molecular flexibility index (Phi) is 6.38. The average Bonchev–Trinajstić information content (AvgIpc) is 3.24. The van der Waals surface area contributed by atoms with Crippen molar-refractivity contribution in [1.82, 2.24) is 10.6 Å². The second kappa shape index (κ2) is 9.34. The molecule has 0 saturated carbocycles. The minimum Gasteiger partial charge on any atom is -0.454 e. The Labute approximate surface area is 176 Å². The second-order valence-corrected chi connectivity index (χ2v) is 7.64. The van der Waals surface area contributed by atoms with E-state index in [1.165, 1.54) is 17.7 Å². The van der Waals surface area contributed by atoms with Crippen molar-refractivity contribution in [2.24, 2.45) is 4.99 Å². The molecule has 0 radical (unpaired) electrons. The smallest absolute Gasteiger partial charge is 0.231 e. The Bertz CT molecular complexity index is 897. The Morgan fingerprint density at radius 2 is 1.90 bits per heavy atom. The molecule has 0 amide bonds. The summed E-state index contributed by atoms with van der Waals surface area (Å²) in [7, 11) is 0. The van der Waals surface area contributed by atoms with E-state index in [9.17, 15) is 4.39 Å².